The number of hydrogen-bond acceptors (Lipinski definition) is 4. The topological polar surface area (TPSA) is 50.3 Å². The van der Waals surface area contributed by atoms with Gasteiger partial charge in [0.15, 0.2) is 0 Å². The van der Waals surface area contributed by atoms with Crippen LogP contribution in [0.5, 0.6) is 0 Å². The molecule has 0 aliphatic rings. The highest BCUT2D eigenvalue weighted by atomic mass is 32.2. The van der Waals surface area contributed by atoms with Gasteiger partial charge in [0.1, 0.15) is 5.01 Å². The molecule has 0 amide bonds. The molecule has 0 radical (unpaired) electrons. The number of benzene rings is 2. The van der Waals surface area contributed by atoms with Crippen LogP contribution in [0.25, 0.3) is 22.4 Å². The summed E-state index contributed by atoms with van der Waals surface area (Å²) in [5.41, 5.74) is 1.92. The summed E-state index contributed by atoms with van der Waals surface area (Å²) < 4.78 is 26.4. The number of nitrogens with zero attached hydrogens (tertiary/aromatic N) is 2. The second kappa shape index (κ2) is 6.23. The smallest absolute Gasteiger partial charge is 0.237 e. The maximum atomic E-state index is 12.0. The number of sulfonamides is 1. The molecule has 0 spiro atoms. The van der Waals surface area contributed by atoms with E-state index in [1.54, 1.807) is 35.6 Å². The van der Waals surface area contributed by atoms with Gasteiger partial charge >= 0.3 is 0 Å². The summed E-state index contributed by atoms with van der Waals surface area (Å²) in [5, 5.41) is 0.927. The van der Waals surface area contributed by atoms with Gasteiger partial charge in [0.05, 0.1) is 15.1 Å². The number of fused-ring (bicyclic) bond motifs is 1. The van der Waals surface area contributed by atoms with E-state index in [1.807, 2.05) is 36.4 Å². The van der Waals surface area contributed by atoms with Crippen molar-refractivity contribution in [2.75, 3.05) is 14.1 Å². The third kappa shape index (κ3) is 3.34. The van der Waals surface area contributed by atoms with Gasteiger partial charge in [-0.3, -0.25) is 0 Å². The molecule has 0 aliphatic heterocycles. The standard InChI is InChI=1S/C17H16N2O2S2/c1-19(2)23(20,21)14-10-7-13(8-11-14)9-12-17-18-15-5-3-4-6-16(15)22-17/h3-12H,1-2H3/b12-9+. The predicted octanol–water partition coefficient (Wildman–Crippen LogP) is 3.72. The predicted molar refractivity (Wildman–Crippen MR) is 95.9 cm³/mol. The third-order valence-electron chi connectivity index (χ3n) is 3.39. The normalized spacial score (nSPS) is 12.5. The molecule has 4 nitrogen and oxygen atoms in total. The van der Waals surface area contributed by atoms with Crippen molar-refractivity contribution in [2.45, 2.75) is 4.90 Å². The lowest BCUT2D eigenvalue weighted by atomic mass is 10.2. The van der Waals surface area contributed by atoms with Gasteiger partial charge in [-0.15, -0.1) is 11.3 Å². The molecule has 1 aromatic heterocycles. The SMILES string of the molecule is CN(C)S(=O)(=O)c1ccc(/C=C/c2nc3ccccc3s2)cc1. The van der Waals surface area contributed by atoms with Gasteiger partial charge < -0.3 is 0 Å². The number of thiazole rings is 1. The minimum absolute atomic E-state index is 0.291. The molecular weight excluding hydrogens is 328 g/mol. The Balaban J connectivity index is 1.83. The van der Waals surface area contributed by atoms with Gasteiger partial charge in [-0.05, 0) is 35.9 Å². The van der Waals surface area contributed by atoms with E-state index < -0.39 is 10.0 Å². The first-order chi connectivity index (χ1) is 11.0. The van der Waals surface area contributed by atoms with E-state index in [1.165, 1.54) is 18.4 Å². The molecule has 0 atom stereocenters. The number of aromatic nitrogens is 1. The minimum atomic E-state index is -3.38. The molecule has 0 N–H and O–H groups in total. The molecule has 23 heavy (non-hydrogen) atoms. The van der Waals surface area contributed by atoms with E-state index in [2.05, 4.69) is 4.98 Å². The van der Waals surface area contributed by atoms with Crippen LogP contribution in [0.1, 0.15) is 10.6 Å². The highest BCUT2D eigenvalue weighted by Gasteiger charge is 2.16. The van der Waals surface area contributed by atoms with Crippen LogP contribution in [0.15, 0.2) is 53.4 Å². The van der Waals surface area contributed by atoms with Gasteiger partial charge in [0, 0.05) is 14.1 Å². The van der Waals surface area contributed by atoms with E-state index in [0.29, 0.717) is 4.90 Å². The van der Waals surface area contributed by atoms with Crippen molar-refractivity contribution in [3.63, 3.8) is 0 Å². The molecule has 2 aromatic carbocycles. The van der Waals surface area contributed by atoms with Crippen molar-refractivity contribution in [3.8, 4) is 0 Å². The van der Waals surface area contributed by atoms with Crippen LogP contribution in [0, 0.1) is 0 Å². The van der Waals surface area contributed by atoms with Crippen molar-refractivity contribution in [2.24, 2.45) is 0 Å². The van der Waals surface area contributed by atoms with Crippen molar-refractivity contribution < 1.29 is 8.42 Å². The van der Waals surface area contributed by atoms with E-state index in [-0.39, 0.29) is 0 Å². The lowest BCUT2D eigenvalue weighted by Gasteiger charge is -2.11. The molecule has 1 heterocycles. The molecule has 0 saturated carbocycles. The Morgan fingerprint density at radius 1 is 1.00 bits per heavy atom. The van der Waals surface area contributed by atoms with Crippen molar-refractivity contribution in [1.29, 1.82) is 0 Å². The highest BCUT2D eigenvalue weighted by Crippen LogP contribution is 2.23. The number of rotatable bonds is 4. The first kappa shape index (κ1) is 15.9. The molecule has 0 unspecified atom stereocenters. The number of para-hydroxylation sites is 1. The largest absolute Gasteiger partial charge is 0.242 e. The molecule has 0 aliphatic carbocycles. The average molecular weight is 344 g/mol. The Morgan fingerprint density at radius 3 is 2.35 bits per heavy atom. The van der Waals surface area contributed by atoms with Crippen LogP contribution in [0.3, 0.4) is 0 Å². The lowest BCUT2D eigenvalue weighted by Crippen LogP contribution is -2.22. The van der Waals surface area contributed by atoms with E-state index in [4.69, 9.17) is 0 Å². The highest BCUT2D eigenvalue weighted by molar-refractivity contribution is 7.89. The summed E-state index contributed by atoms with van der Waals surface area (Å²) in [5.74, 6) is 0. The fourth-order valence-electron chi connectivity index (χ4n) is 2.09. The summed E-state index contributed by atoms with van der Waals surface area (Å²) in [6.07, 6.45) is 3.88. The zero-order valence-corrected chi connectivity index (χ0v) is 14.4. The van der Waals surface area contributed by atoms with Gasteiger partial charge in [-0.25, -0.2) is 17.7 Å². The molecule has 3 rings (SSSR count). The quantitative estimate of drug-likeness (QED) is 0.725. The maximum Gasteiger partial charge on any atom is 0.242 e. The van der Waals surface area contributed by atoms with E-state index in [9.17, 15) is 8.42 Å². The Hall–Kier alpha value is -2.02. The summed E-state index contributed by atoms with van der Waals surface area (Å²) in [4.78, 5) is 4.83. The summed E-state index contributed by atoms with van der Waals surface area (Å²) in [7, 11) is -0.331. The Morgan fingerprint density at radius 2 is 1.70 bits per heavy atom. The fraction of sp³-hybridized carbons (Fsp3) is 0.118. The van der Waals surface area contributed by atoms with Crippen LogP contribution in [0.4, 0.5) is 0 Å². The zero-order chi connectivity index (χ0) is 16.4. The van der Waals surface area contributed by atoms with Crippen LogP contribution in [-0.4, -0.2) is 31.8 Å². The maximum absolute atomic E-state index is 12.0. The van der Waals surface area contributed by atoms with Crippen LogP contribution < -0.4 is 0 Å². The second-order valence-corrected chi connectivity index (χ2v) is 8.42. The molecular formula is C17H16N2O2S2. The second-order valence-electron chi connectivity index (χ2n) is 5.21. The van der Waals surface area contributed by atoms with E-state index in [0.717, 1.165) is 20.8 Å². The first-order valence-electron chi connectivity index (χ1n) is 7.03. The lowest BCUT2D eigenvalue weighted by molar-refractivity contribution is 0.521. The third-order valence-corrected chi connectivity index (χ3v) is 6.22. The van der Waals surface area contributed by atoms with Gasteiger partial charge in [0.2, 0.25) is 10.0 Å². The Kier molecular flexibility index (Phi) is 4.30. The number of hydrogen-bond donors (Lipinski definition) is 0. The average Bonchev–Trinajstić information content (AvgIpc) is 2.96. The molecule has 0 bridgehead atoms. The van der Waals surface area contributed by atoms with Crippen molar-refractivity contribution in [3.05, 3.63) is 59.1 Å². The molecule has 3 aromatic rings. The van der Waals surface area contributed by atoms with Crippen LogP contribution in [-0.2, 0) is 10.0 Å². The minimum Gasteiger partial charge on any atom is -0.237 e. The summed E-state index contributed by atoms with van der Waals surface area (Å²) >= 11 is 1.63. The summed E-state index contributed by atoms with van der Waals surface area (Å²) in [6, 6.07) is 14.8. The summed E-state index contributed by atoms with van der Waals surface area (Å²) in [6.45, 7) is 0. The van der Waals surface area contributed by atoms with Gasteiger partial charge in [0.25, 0.3) is 0 Å². The zero-order valence-electron chi connectivity index (χ0n) is 12.8. The fourth-order valence-corrected chi connectivity index (χ4v) is 3.86. The Labute approximate surface area is 139 Å². The van der Waals surface area contributed by atoms with E-state index >= 15 is 0 Å². The van der Waals surface area contributed by atoms with Crippen LogP contribution >= 0.6 is 11.3 Å². The van der Waals surface area contributed by atoms with Crippen molar-refractivity contribution >= 4 is 43.7 Å². The molecule has 118 valence electrons. The van der Waals surface area contributed by atoms with Gasteiger partial charge in [-0.1, -0.05) is 30.3 Å². The van der Waals surface area contributed by atoms with Crippen LogP contribution in [0.2, 0.25) is 0 Å². The molecule has 0 fully saturated rings. The Bertz CT molecular complexity index is 923. The first-order valence-corrected chi connectivity index (χ1v) is 9.29. The monoisotopic (exact) mass is 344 g/mol. The molecule has 6 heteroatoms. The molecule has 0 saturated heterocycles. The van der Waals surface area contributed by atoms with Crippen molar-refractivity contribution in [1.82, 2.24) is 9.29 Å². The van der Waals surface area contributed by atoms with Gasteiger partial charge in [-0.2, -0.15) is 0 Å².